The Morgan fingerprint density at radius 1 is 0.375 bits per heavy atom. The molecule has 0 N–H and O–H groups in total. The van der Waals surface area contributed by atoms with E-state index in [1.807, 2.05) is 0 Å². The predicted octanol–water partition coefficient (Wildman–Crippen LogP) is 9.63. The molecule has 0 unspecified atom stereocenters. The van der Waals surface area contributed by atoms with Gasteiger partial charge in [0, 0.05) is 0 Å². The molecule has 24 heavy (non-hydrogen) atoms. The van der Waals surface area contributed by atoms with Crippen LogP contribution in [0.1, 0.15) is 143 Å². The summed E-state index contributed by atoms with van der Waals surface area (Å²) in [6.07, 6.45) is 31.9. The Labute approximate surface area is 155 Å². The molecule has 0 rings (SSSR count). The molecule has 0 bridgehead atoms. The molecule has 0 fully saturated rings. The molecule has 146 valence electrons. The van der Waals surface area contributed by atoms with Crippen molar-refractivity contribution < 1.29 is 0 Å². The minimum absolute atomic E-state index is 0. The third kappa shape index (κ3) is 24.0. The van der Waals surface area contributed by atoms with Gasteiger partial charge >= 0.3 is 0 Å². The summed E-state index contributed by atoms with van der Waals surface area (Å²) in [5.74, 6) is 0. The molecule has 0 aliphatic heterocycles. The van der Waals surface area contributed by atoms with Gasteiger partial charge in [0.25, 0.3) is 0 Å². The molecule has 0 radical (unpaired) electrons. The monoisotopic (exact) mass is 338 g/mol. The number of allylic oxidation sites excluding steroid dienone is 2. The van der Waals surface area contributed by atoms with Gasteiger partial charge in [-0.25, -0.2) is 0 Å². The zero-order chi connectivity index (χ0) is 16.8. The fourth-order valence-corrected chi connectivity index (χ4v) is 3.20. The molecule has 0 aromatic rings. The summed E-state index contributed by atoms with van der Waals surface area (Å²) in [7, 11) is 0. The van der Waals surface area contributed by atoms with Gasteiger partial charge in [-0.3, -0.25) is 0 Å². The van der Waals surface area contributed by atoms with Gasteiger partial charge in [-0.15, -0.1) is 0 Å². The van der Waals surface area contributed by atoms with Crippen LogP contribution in [0.4, 0.5) is 0 Å². The van der Waals surface area contributed by atoms with Crippen molar-refractivity contribution in [1.82, 2.24) is 0 Å². The minimum atomic E-state index is 0. The second-order valence-corrected chi connectivity index (χ2v) is 7.35. The molecule has 0 aliphatic rings. The van der Waals surface area contributed by atoms with Crippen LogP contribution in [-0.4, -0.2) is 0 Å². The van der Waals surface area contributed by atoms with Gasteiger partial charge in [-0.2, -0.15) is 0 Å². The minimum Gasteiger partial charge on any atom is -0.0885 e. The summed E-state index contributed by atoms with van der Waals surface area (Å²) in [6.45, 7) is 4.58. The second kappa shape index (κ2) is 25.0. The zero-order valence-electron chi connectivity index (χ0n) is 16.6. The SMILES string of the molecule is C.CCCCCCCC/C=C\CCCCCCCCCCCCC. The van der Waals surface area contributed by atoms with Crippen molar-refractivity contribution >= 4 is 0 Å². The summed E-state index contributed by atoms with van der Waals surface area (Å²) in [5, 5.41) is 0. The average Bonchev–Trinajstić information content (AvgIpc) is 2.57. The molecule has 0 spiro atoms. The van der Waals surface area contributed by atoms with Crippen molar-refractivity contribution in [3.8, 4) is 0 Å². The molecule has 0 aromatic carbocycles. The third-order valence-electron chi connectivity index (χ3n) is 4.87. The fraction of sp³-hybridized carbons (Fsp3) is 0.917. The molecule has 0 saturated carbocycles. The highest BCUT2D eigenvalue weighted by molar-refractivity contribution is 4.81. The van der Waals surface area contributed by atoms with Crippen LogP contribution in [0.25, 0.3) is 0 Å². The first-order chi connectivity index (χ1) is 11.4. The maximum Gasteiger partial charge on any atom is -0.0351 e. The van der Waals surface area contributed by atoms with Gasteiger partial charge in [0.2, 0.25) is 0 Å². The second-order valence-electron chi connectivity index (χ2n) is 7.35. The van der Waals surface area contributed by atoms with Crippen molar-refractivity contribution in [1.29, 1.82) is 0 Å². The summed E-state index contributed by atoms with van der Waals surface area (Å²) < 4.78 is 0. The standard InChI is InChI=1S/C23H46.CH4/c1-3-5-7-9-11-13-15-17-19-21-23-22-20-18-16-14-12-10-8-6-4-2;/h17,19H,3-16,18,20-23H2,1-2H3;1H4/b19-17-;. The average molecular weight is 339 g/mol. The lowest BCUT2D eigenvalue weighted by atomic mass is 10.1. The van der Waals surface area contributed by atoms with E-state index < -0.39 is 0 Å². The summed E-state index contributed by atoms with van der Waals surface area (Å²) in [5.41, 5.74) is 0. The molecule has 0 nitrogen and oxygen atoms in total. The number of rotatable bonds is 19. The van der Waals surface area contributed by atoms with Crippen LogP contribution >= 0.6 is 0 Å². The number of hydrogen-bond acceptors (Lipinski definition) is 0. The molecule has 0 amide bonds. The van der Waals surface area contributed by atoms with Crippen molar-refractivity contribution in [3.05, 3.63) is 12.2 Å². The van der Waals surface area contributed by atoms with Gasteiger partial charge in [-0.1, -0.05) is 130 Å². The highest BCUT2D eigenvalue weighted by Gasteiger charge is 1.92. The van der Waals surface area contributed by atoms with Crippen LogP contribution in [-0.2, 0) is 0 Å². The summed E-state index contributed by atoms with van der Waals surface area (Å²) in [6, 6.07) is 0. The van der Waals surface area contributed by atoms with E-state index in [1.165, 1.54) is 122 Å². The van der Waals surface area contributed by atoms with E-state index in [4.69, 9.17) is 0 Å². The summed E-state index contributed by atoms with van der Waals surface area (Å²) in [4.78, 5) is 0. The normalized spacial score (nSPS) is 11.1. The van der Waals surface area contributed by atoms with Crippen LogP contribution < -0.4 is 0 Å². The molecular formula is C24H50. The van der Waals surface area contributed by atoms with Crippen LogP contribution in [0.3, 0.4) is 0 Å². The Morgan fingerprint density at radius 2 is 0.625 bits per heavy atom. The lowest BCUT2D eigenvalue weighted by molar-refractivity contribution is 0.550. The van der Waals surface area contributed by atoms with Gasteiger partial charge in [-0.05, 0) is 25.7 Å². The van der Waals surface area contributed by atoms with Crippen LogP contribution in [0, 0.1) is 0 Å². The summed E-state index contributed by atoms with van der Waals surface area (Å²) >= 11 is 0. The van der Waals surface area contributed by atoms with Crippen molar-refractivity contribution in [2.75, 3.05) is 0 Å². The fourth-order valence-electron chi connectivity index (χ4n) is 3.20. The Kier molecular flexibility index (Phi) is 27.0. The topological polar surface area (TPSA) is 0 Å². The Balaban J connectivity index is 0. The lowest BCUT2D eigenvalue weighted by Crippen LogP contribution is -1.82. The van der Waals surface area contributed by atoms with Crippen LogP contribution in [0.15, 0.2) is 12.2 Å². The first-order valence-electron chi connectivity index (χ1n) is 11.1. The third-order valence-corrected chi connectivity index (χ3v) is 4.87. The van der Waals surface area contributed by atoms with Crippen molar-refractivity contribution in [3.63, 3.8) is 0 Å². The molecule has 0 aromatic heterocycles. The lowest BCUT2D eigenvalue weighted by Gasteiger charge is -2.01. The van der Waals surface area contributed by atoms with E-state index in [1.54, 1.807) is 0 Å². The van der Waals surface area contributed by atoms with Gasteiger partial charge in [0.1, 0.15) is 0 Å². The van der Waals surface area contributed by atoms with Crippen LogP contribution in [0.2, 0.25) is 0 Å². The van der Waals surface area contributed by atoms with E-state index in [2.05, 4.69) is 26.0 Å². The van der Waals surface area contributed by atoms with E-state index in [0.29, 0.717) is 0 Å². The number of hydrogen-bond donors (Lipinski definition) is 0. The van der Waals surface area contributed by atoms with Crippen molar-refractivity contribution in [2.45, 2.75) is 143 Å². The molecular weight excluding hydrogens is 288 g/mol. The quantitative estimate of drug-likeness (QED) is 0.162. The maximum absolute atomic E-state index is 2.43. The highest BCUT2D eigenvalue weighted by atomic mass is 14.0. The van der Waals surface area contributed by atoms with E-state index in [-0.39, 0.29) is 7.43 Å². The molecule has 0 heteroatoms. The highest BCUT2D eigenvalue weighted by Crippen LogP contribution is 2.12. The molecule has 0 saturated heterocycles. The smallest absolute Gasteiger partial charge is 0.0351 e. The largest absolute Gasteiger partial charge is 0.0885 e. The molecule has 0 heterocycles. The Morgan fingerprint density at radius 3 is 0.917 bits per heavy atom. The van der Waals surface area contributed by atoms with E-state index in [9.17, 15) is 0 Å². The first kappa shape index (κ1) is 26.0. The maximum atomic E-state index is 2.43. The van der Waals surface area contributed by atoms with Crippen molar-refractivity contribution in [2.24, 2.45) is 0 Å². The predicted molar refractivity (Wildman–Crippen MR) is 115 cm³/mol. The van der Waals surface area contributed by atoms with Gasteiger partial charge in [0.05, 0.1) is 0 Å². The first-order valence-corrected chi connectivity index (χ1v) is 11.1. The van der Waals surface area contributed by atoms with Crippen LogP contribution in [0.5, 0.6) is 0 Å². The Bertz CT molecular complexity index is 216. The van der Waals surface area contributed by atoms with E-state index in [0.717, 1.165) is 0 Å². The van der Waals surface area contributed by atoms with Gasteiger partial charge < -0.3 is 0 Å². The molecule has 0 aliphatic carbocycles. The molecule has 0 atom stereocenters. The zero-order valence-corrected chi connectivity index (χ0v) is 16.6. The van der Waals surface area contributed by atoms with E-state index >= 15 is 0 Å². The number of unbranched alkanes of at least 4 members (excludes halogenated alkanes) is 17. The van der Waals surface area contributed by atoms with Gasteiger partial charge in [0.15, 0.2) is 0 Å². The Hall–Kier alpha value is -0.260.